The zero-order valence-corrected chi connectivity index (χ0v) is 28.8. The van der Waals surface area contributed by atoms with Gasteiger partial charge in [0.15, 0.2) is 17.4 Å². The largest absolute Gasteiger partial charge is 0.481 e. The van der Waals surface area contributed by atoms with Gasteiger partial charge < -0.3 is 20.8 Å². The molecule has 6 rings (SSSR count). The van der Waals surface area contributed by atoms with Gasteiger partial charge in [0.25, 0.3) is 0 Å². The van der Waals surface area contributed by atoms with Gasteiger partial charge in [-0.1, -0.05) is 51.0 Å². The van der Waals surface area contributed by atoms with E-state index in [2.05, 4.69) is 30.7 Å². The molecule has 3 aromatic heterocycles. The molecule has 0 radical (unpaired) electrons. The third-order valence-electron chi connectivity index (χ3n) is 10.00. The number of hydrogen-bond acceptors (Lipinski definition) is 8. The van der Waals surface area contributed by atoms with E-state index in [9.17, 15) is 14.7 Å². The normalized spacial score (nSPS) is 19.6. The van der Waals surface area contributed by atoms with Crippen molar-refractivity contribution in [3.63, 3.8) is 0 Å². The molecule has 0 spiro atoms. The molecule has 12 heteroatoms. The Morgan fingerprint density at radius 3 is 2.66 bits per heavy atom. The number of carboxylic acids is 1. The number of ketones is 1. The van der Waals surface area contributed by atoms with Gasteiger partial charge in [-0.2, -0.15) is 5.10 Å². The van der Waals surface area contributed by atoms with E-state index < -0.39 is 28.4 Å². The first-order valence-corrected chi connectivity index (χ1v) is 16.8. The van der Waals surface area contributed by atoms with Crippen molar-refractivity contribution in [2.24, 2.45) is 24.0 Å². The molecule has 6 N–H and O–H groups in total. The molecule has 4 heterocycles. The highest BCUT2D eigenvalue weighted by Crippen LogP contribution is 2.39. The van der Waals surface area contributed by atoms with Crippen molar-refractivity contribution in [1.29, 1.82) is 0 Å². The highest BCUT2D eigenvalue weighted by atomic mass is 19.1. The number of H-pyrrole nitrogens is 1. The number of aliphatic carboxylic acids is 1. The Labute approximate surface area is 290 Å². The molecule has 4 bridgehead atoms. The number of nitrogens with one attached hydrogen (secondary N) is 1. The van der Waals surface area contributed by atoms with Crippen LogP contribution in [0.25, 0.3) is 22.4 Å². The number of rotatable bonds is 4. The maximum absolute atomic E-state index is 15.9. The summed E-state index contributed by atoms with van der Waals surface area (Å²) in [6.07, 6.45) is 8.45. The number of nitrogens with two attached hydrogens (primary N) is 2. The number of aryl methyl sites for hydroxylation is 2. The molecule has 50 heavy (non-hydrogen) atoms. The quantitative estimate of drug-likeness (QED) is 0.163. The molecular weight excluding hydrogens is 635 g/mol. The van der Waals surface area contributed by atoms with Crippen molar-refractivity contribution in [2.45, 2.75) is 71.3 Å². The standard InChI is InChI=1S/C38H43FN8O3/c1-37(2)14-5-6-15-38(3,25-9-7-8-23(18-25)10-11-32(48)49)36-44-35(46(4)45-36)30-19-24(12-16-43-30)34(50)33-27(21-47(41)22-31(37)40)26-13-17-42-29(26)20-28(33)39/h7-9,12-13,16-20,22,42H,5-6,10-11,14-15,21,40-41H2,1-4H3,(H,48,49)/b31-22-/t38-/m1/s1. The van der Waals surface area contributed by atoms with Gasteiger partial charge >= 0.3 is 5.97 Å². The highest BCUT2D eigenvalue weighted by molar-refractivity contribution is 6.12. The second-order valence-corrected chi connectivity index (χ2v) is 14.1. The molecular formula is C38H43FN8O3. The fraction of sp³-hybridized carbons (Fsp3) is 0.342. The molecule has 5 aromatic rings. The van der Waals surface area contributed by atoms with Crippen LogP contribution in [0.15, 0.2) is 72.8 Å². The molecule has 260 valence electrons. The summed E-state index contributed by atoms with van der Waals surface area (Å²) in [5.74, 6) is 5.50. The van der Waals surface area contributed by atoms with Crippen LogP contribution in [0.2, 0.25) is 0 Å². The summed E-state index contributed by atoms with van der Waals surface area (Å²) < 4.78 is 17.5. The summed E-state index contributed by atoms with van der Waals surface area (Å²) in [5, 5.41) is 16.3. The van der Waals surface area contributed by atoms with Crippen LogP contribution in [0.5, 0.6) is 0 Å². The molecule has 0 amide bonds. The monoisotopic (exact) mass is 678 g/mol. The number of fused-ring (bicyclic) bond motifs is 8. The Balaban J connectivity index is 1.50. The SMILES string of the molecule is Cn1nc2nc1-c1cc(ccn1)C(=O)c1c(F)cc3[nH]ccc3c1CN(N)/C=C(\N)C(C)(C)CCCC[C@]2(C)c1cccc(CCC(=O)O)c1. The van der Waals surface area contributed by atoms with Gasteiger partial charge in [0, 0.05) is 59.6 Å². The number of pyridine rings is 1. The van der Waals surface area contributed by atoms with Crippen molar-refractivity contribution in [2.75, 3.05) is 0 Å². The molecule has 1 aliphatic heterocycles. The van der Waals surface area contributed by atoms with Crippen LogP contribution in [-0.2, 0) is 30.2 Å². The lowest BCUT2D eigenvalue weighted by atomic mass is 9.75. The van der Waals surface area contributed by atoms with Gasteiger partial charge in [-0.05, 0) is 67.1 Å². The molecule has 1 atom stereocenters. The lowest BCUT2D eigenvalue weighted by Crippen LogP contribution is -2.31. The van der Waals surface area contributed by atoms with E-state index in [0.717, 1.165) is 30.4 Å². The first-order valence-electron chi connectivity index (χ1n) is 16.8. The summed E-state index contributed by atoms with van der Waals surface area (Å²) >= 11 is 0. The number of aromatic amines is 1. The number of hydrazine groups is 1. The zero-order chi connectivity index (χ0) is 35.8. The summed E-state index contributed by atoms with van der Waals surface area (Å²) in [5.41, 5.74) is 9.62. The molecule has 0 aliphatic carbocycles. The van der Waals surface area contributed by atoms with Crippen molar-refractivity contribution in [1.82, 2.24) is 29.7 Å². The highest BCUT2D eigenvalue weighted by Gasteiger charge is 2.35. The molecule has 0 saturated heterocycles. The van der Waals surface area contributed by atoms with E-state index in [1.807, 2.05) is 24.3 Å². The van der Waals surface area contributed by atoms with Crippen LogP contribution >= 0.6 is 0 Å². The number of allylic oxidation sites excluding steroid dienone is 1. The van der Waals surface area contributed by atoms with Crippen molar-refractivity contribution >= 4 is 22.7 Å². The van der Waals surface area contributed by atoms with Gasteiger partial charge in [0.1, 0.15) is 11.5 Å². The molecule has 0 saturated carbocycles. The number of halogens is 1. The molecule has 2 aromatic carbocycles. The van der Waals surface area contributed by atoms with Crippen molar-refractivity contribution in [3.05, 3.63) is 112 Å². The minimum absolute atomic E-state index is 0.0293. The fourth-order valence-corrected chi connectivity index (χ4v) is 6.81. The molecule has 11 nitrogen and oxygen atoms in total. The van der Waals surface area contributed by atoms with E-state index in [1.165, 1.54) is 17.3 Å². The third-order valence-corrected chi connectivity index (χ3v) is 10.00. The van der Waals surface area contributed by atoms with E-state index >= 15 is 4.39 Å². The van der Waals surface area contributed by atoms with Crippen LogP contribution in [0.1, 0.15) is 91.3 Å². The maximum Gasteiger partial charge on any atom is 0.303 e. The minimum Gasteiger partial charge on any atom is -0.481 e. The Hall–Kier alpha value is -5.36. The summed E-state index contributed by atoms with van der Waals surface area (Å²) in [4.78, 5) is 38.1. The van der Waals surface area contributed by atoms with Crippen LogP contribution in [0.3, 0.4) is 0 Å². The Kier molecular flexibility index (Phi) is 9.32. The number of carbonyl (C=O) groups is 2. The number of benzene rings is 2. The first-order chi connectivity index (χ1) is 23.8. The fourth-order valence-electron chi connectivity index (χ4n) is 6.81. The van der Waals surface area contributed by atoms with E-state index in [4.69, 9.17) is 21.7 Å². The number of aromatic nitrogens is 5. The lowest BCUT2D eigenvalue weighted by Gasteiger charge is -2.30. The topological polar surface area (TPSA) is 169 Å². The zero-order valence-electron chi connectivity index (χ0n) is 28.8. The van der Waals surface area contributed by atoms with Crippen molar-refractivity contribution in [3.8, 4) is 11.5 Å². The summed E-state index contributed by atoms with van der Waals surface area (Å²) in [7, 11) is 1.78. The number of carbonyl (C=O) groups excluding carboxylic acids is 1. The molecule has 0 unspecified atom stereocenters. The second kappa shape index (κ2) is 13.5. The smallest absolute Gasteiger partial charge is 0.303 e. The lowest BCUT2D eigenvalue weighted by molar-refractivity contribution is -0.136. The number of hydrogen-bond donors (Lipinski definition) is 4. The first kappa shape index (κ1) is 34.5. The Bertz CT molecular complexity index is 2120. The van der Waals surface area contributed by atoms with Gasteiger partial charge in [0.2, 0.25) is 0 Å². The van der Waals surface area contributed by atoms with Gasteiger partial charge in [-0.3, -0.25) is 14.6 Å². The summed E-state index contributed by atoms with van der Waals surface area (Å²) in [6.45, 7) is 6.27. The summed E-state index contributed by atoms with van der Waals surface area (Å²) in [6, 6.07) is 14.2. The van der Waals surface area contributed by atoms with E-state index in [-0.39, 0.29) is 24.1 Å². The van der Waals surface area contributed by atoms with Crippen LogP contribution in [0.4, 0.5) is 4.39 Å². The Morgan fingerprint density at radius 2 is 1.88 bits per heavy atom. The third kappa shape index (κ3) is 6.75. The maximum atomic E-state index is 15.9. The van der Waals surface area contributed by atoms with Crippen LogP contribution in [-0.4, -0.2) is 46.6 Å². The minimum atomic E-state index is -0.851. The van der Waals surface area contributed by atoms with E-state index in [1.54, 1.807) is 42.3 Å². The number of nitrogens with zero attached hydrogens (tertiary/aromatic N) is 5. The average Bonchev–Trinajstić information content (AvgIpc) is 3.72. The van der Waals surface area contributed by atoms with Crippen molar-refractivity contribution < 1.29 is 19.1 Å². The van der Waals surface area contributed by atoms with E-state index in [0.29, 0.717) is 52.3 Å². The second-order valence-electron chi connectivity index (χ2n) is 14.1. The van der Waals surface area contributed by atoms with Gasteiger partial charge in [-0.25, -0.2) is 19.9 Å². The average molecular weight is 679 g/mol. The predicted octanol–water partition coefficient (Wildman–Crippen LogP) is 6.13. The number of carboxylic acid groups (broad SMARTS) is 1. The van der Waals surface area contributed by atoms with Gasteiger partial charge in [0.05, 0.1) is 17.5 Å². The Morgan fingerprint density at radius 1 is 1.10 bits per heavy atom. The molecule has 1 aliphatic rings. The van der Waals surface area contributed by atoms with Crippen LogP contribution in [0, 0.1) is 11.2 Å². The molecule has 0 fully saturated rings. The predicted molar refractivity (Wildman–Crippen MR) is 189 cm³/mol. The van der Waals surface area contributed by atoms with Gasteiger partial charge in [-0.15, -0.1) is 0 Å². The van der Waals surface area contributed by atoms with Crippen LogP contribution < -0.4 is 11.6 Å².